The van der Waals surface area contributed by atoms with Crippen molar-refractivity contribution in [1.82, 2.24) is 36.8 Å². The van der Waals surface area contributed by atoms with Gasteiger partial charge in [-0.1, -0.05) is 53.7 Å². The maximum atomic E-state index is 14.7. The highest BCUT2D eigenvalue weighted by molar-refractivity contribution is 6.38. The van der Waals surface area contributed by atoms with Crippen LogP contribution in [0.3, 0.4) is 0 Å². The number of hydrogen-bond donors (Lipinski definition) is 6. The maximum absolute atomic E-state index is 14.7. The van der Waals surface area contributed by atoms with Crippen molar-refractivity contribution in [3.63, 3.8) is 0 Å². The number of carbonyl (C=O) groups is 11. The van der Waals surface area contributed by atoms with Crippen LogP contribution in [0.4, 0.5) is 0 Å². The number of amides is 7. The average molecular weight is 1020 g/mol. The van der Waals surface area contributed by atoms with Crippen molar-refractivity contribution >= 4 is 65.0 Å². The van der Waals surface area contributed by atoms with Crippen LogP contribution in [0.15, 0.2) is 12.7 Å². The molecular formula is C50H83N7O15. The molecule has 1 heterocycles. The molecule has 408 valence electrons. The molecule has 1 aliphatic rings. The van der Waals surface area contributed by atoms with E-state index in [9.17, 15) is 52.7 Å². The number of nitrogens with zero attached hydrogens (tertiary/aromatic N) is 1. The first-order valence-corrected chi connectivity index (χ1v) is 24.6. The molecule has 0 aromatic heterocycles. The first-order valence-electron chi connectivity index (χ1n) is 24.6. The lowest BCUT2D eigenvalue weighted by atomic mass is 9.98. The summed E-state index contributed by atoms with van der Waals surface area (Å²) in [5.41, 5.74) is -2.40. The molecule has 0 aromatic carbocycles. The van der Waals surface area contributed by atoms with Crippen LogP contribution in [0, 0.1) is 11.8 Å². The number of hydrogen-bond acceptors (Lipinski definition) is 15. The quantitative estimate of drug-likeness (QED) is 0.0297. The summed E-state index contributed by atoms with van der Waals surface area (Å²) >= 11 is 0. The monoisotopic (exact) mass is 1020 g/mol. The second-order valence-corrected chi connectivity index (χ2v) is 21.5. The fraction of sp³-hybridized carbons (Fsp3) is 0.740. The molecule has 22 nitrogen and oxygen atoms in total. The Morgan fingerprint density at radius 2 is 1.14 bits per heavy atom. The zero-order chi connectivity index (χ0) is 55.5. The van der Waals surface area contributed by atoms with Gasteiger partial charge in [0.1, 0.15) is 54.6 Å². The molecule has 0 spiro atoms. The molecule has 72 heavy (non-hydrogen) atoms. The molecule has 6 N–H and O–H groups in total. The van der Waals surface area contributed by atoms with Crippen molar-refractivity contribution in [3.05, 3.63) is 12.7 Å². The van der Waals surface area contributed by atoms with E-state index in [1.165, 1.54) is 17.9 Å². The summed E-state index contributed by atoms with van der Waals surface area (Å²) in [6, 6.07) is -7.96. The molecule has 0 radical (unpaired) electrons. The van der Waals surface area contributed by atoms with E-state index in [4.69, 9.17) is 18.9 Å². The third-order valence-electron chi connectivity index (χ3n) is 10.5. The smallest absolute Gasteiger partial charge is 0.325 e. The van der Waals surface area contributed by atoms with E-state index in [1.807, 2.05) is 0 Å². The van der Waals surface area contributed by atoms with Gasteiger partial charge in [0, 0.05) is 32.7 Å². The SMILES string of the molecule is C=CCOC(=O)CNC(=O)C(=O)C(CCC)NC(=O)C1CC(OC(C)(C)C)CN1C(=O)C(NC(=O)C(NC(=O)C(CCC(=O)OC(C)(C)C)NC(=O)C(CCC(=O)OC(C)(C)C)NC(C)=O)C(C)C)C(C)C. The minimum absolute atomic E-state index is 0.00708. The van der Waals surface area contributed by atoms with Crippen LogP contribution in [0.5, 0.6) is 0 Å². The Morgan fingerprint density at radius 3 is 1.60 bits per heavy atom. The molecule has 7 unspecified atom stereocenters. The number of likely N-dealkylation sites (tertiary alicyclic amines) is 1. The van der Waals surface area contributed by atoms with Crippen LogP contribution in [0.2, 0.25) is 0 Å². The number of Topliss-reactive ketones (excluding diaryl/α,β-unsaturated/α-hetero) is 1. The molecule has 1 fully saturated rings. The molecular weight excluding hydrogens is 939 g/mol. The van der Waals surface area contributed by atoms with Gasteiger partial charge in [0.15, 0.2) is 0 Å². The van der Waals surface area contributed by atoms with E-state index in [1.54, 1.807) is 96.9 Å². The predicted molar refractivity (Wildman–Crippen MR) is 264 cm³/mol. The lowest BCUT2D eigenvalue weighted by Gasteiger charge is -2.33. The van der Waals surface area contributed by atoms with E-state index in [0.717, 1.165) is 0 Å². The maximum Gasteiger partial charge on any atom is 0.325 e. The van der Waals surface area contributed by atoms with E-state index in [-0.39, 0.29) is 51.7 Å². The summed E-state index contributed by atoms with van der Waals surface area (Å²) < 4.78 is 21.8. The van der Waals surface area contributed by atoms with Gasteiger partial charge in [-0.25, -0.2) is 0 Å². The van der Waals surface area contributed by atoms with Crippen LogP contribution >= 0.6 is 0 Å². The second-order valence-electron chi connectivity index (χ2n) is 21.5. The molecule has 22 heteroatoms. The van der Waals surface area contributed by atoms with Crippen LogP contribution < -0.4 is 31.9 Å². The Bertz CT molecular complexity index is 1950. The van der Waals surface area contributed by atoms with Crippen molar-refractivity contribution in [2.75, 3.05) is 19.7 Å². The van der Waals surface area contributed by atoms with Gasteiger partial charge in [-0.15, -0.1) is 0 Å². The van der Waals surface area contributed by atoms with Gasteiger partial charge >= 0.3 is 17.9 Å². The Kier molecular flexibility index (Phi) is 25.8. The molecule has 7 atom stereocenters. The Morgan fingerprint density at radius 1 is 0.639 bits per heavy atom. The number of ketones is 1. The summed E-state index contributed by atoms with van der Waals surface area (Å²) in [6.45, 7) is 27.5. The fourth-order valence-corrected chi connectivity index (χ4v) is 7.39. The van der Waals surface area contributed by atoms with Gasteiger partial charge in [0.05, 0.1) is 17.7 Å². The molecule has 1 rings (SSSR count). The molecule has 1 aliphatic heterocycles. The summed E-state index contributed by atoms with van der Waals surface area (Å²) in [7, 11) is 0. The normalized spacial score (nSPS) is 17.0. The van der Waals surface area contributed by atoms with E-state index in [0.29, 0.717) is 6.42 Å². The molecule has 0 bridgehead atoms. The predicted octanol–water partition coefficient (Wildman–Crippen LogP) is 1.99. The highest BCUT2D eigenvalue weighted by Gasteiger charge is 2.46. The van der Waals surface area contributed by atoms with Gasteiger partial charge in [-0.05, 0) is 93.4 Å². The van der Waals surface area contributed by atoms with E-state index < -0.39 is 143 Å². The minimum atomic E-state index is -1.48. The molecule has 1 saturated heterocycles. The van der Waals surface area contributed by atoms with Gasteiger partial charge in [-0.3, -0.25) is 52.7 Å². The first-order chi connectivity index (χ1) is 33.1. The summed E-state index contributed by atoms with van der Waals surface area (Å²) in [4.78, 5) is 148. The Balaban J connectivity index is 3.53. The topological polar surface area (TPSA) is 300 Å². The largest absolute Gasteiger partial charge is 0.460 e. The minimum Gasteiger partial charge on any atom is -0.460 e. The van der Waals surface area contributed by atoms with Crippen molar-refractivity contribution in [2.24, 2.45) is 11.8 Å². The van der Waals surface area contributed by atoms with Gasteiger partial charge in [-0.2, -0.15) is 0 Å². The van der Waals surface area contributed by atoms with Crippen molar-refractivity contribution < 1.29 is 71.7 Å². The van der Waals surface area contributed by atoms with Crippen LogP contribution in [0.1, 0.15) is 149 Å². The van der Waals surface area contributed by atoms with Crippen LogP contribution in [-0.2, 0) is 71.7 Å². The van der Waals surface area contributed by atoms with E-state index >= 15 is 0 Å². The first kappa shape index (κ1) is 64.1. The molecule has 0 aliphatic carbocycles. The van der Waals surface area contributed by atoms with Crippen molar-refractivity contribution in [3.8, 4) is 0 Å². The van der Waals surface area contributed by atoms with E-state index in [2.05, 4.69) is 38.5 Å². The van der Waals surface area contributed by atoms with Crippen molar-refractivity contribution in [1.29, 1.82) is 0 Å². The fourth-order valence-electron chi connectivity index (χ4n) is 7.39. The zero-order valence-electron chi connectivity index (χ0n) is 45.1. The Labute approximate surface area is 424 Å². The molecule has 7 amide bonds. The summed E-state index contributed by atoms with van der Waals surface area (Å²) in [5.74, 6) is -10.1. The van der Waals surface area contributed by atoms with Crippen molar-refractivity contribution in [2.45, 2.75) is 208 Å². The standard InChI is InChI=1S/C50H83N7O15/c1-17-19-32(41(62)46(67)51-26-38(61)69-24-18-2)53-44(65)35-25-31(70-48(8,9)10)27-57(35)47(68)40(29(5)6)56-45(66)39(28(3)4)55-43(64)34(21-23-37(60)72-50(14,15)16)54-42(63)33(52-30(7)58)20-22-36(59)71-49(11,12)13/h18,28-29,31-35,39-40H,2,17,19-27H2,1,3-16H3,(H,51,67)(H,52,58)(H,53,65)(H,54,63)(H,55,64)(H,56,66). The lowest BCUT2D eigenvalue weighted by molar-refractivity contribution is -0.156. The summed E-state index contributed by atoms with van der Waals surface area (Å²) in [6.07, 6.45) is -0.0467. The number of rotatable bonds is 27. The second kappa shape index (κ2) is 28.9. The summed E-state index contributed by atoms with van der Waals surface area (Å²) in [5, 5.41) is 15.3. The Hall–Kier alpha value is -5.93. The van der Waals surface area contributed by atoms with Gasteiger partial charge in [0.2, 0.25) is 41.2 Å². The number of esters is 3. The average Bonchev–Trinajstić information content (AvgIpc) is 3.65. The van der Waals surface area contributed by atoms with Gasteiger partial charge < -0.3 is 55.7 Å². The van der Waals surface area contributed by atoms with Gasteiger partial charge in [0.25, 0.3) is 5.91 Å². The van der Waals surface area contributed by atoms with Crippen LogP contribution in [-0.4, -0.2) is 149 Å². The number of nitrogens with one attached hydrogen (secondary N) is 6. The number of carbonyl (C=O) groups excluding carboxylic acids is 11. The molecule has 0 aromatic rings. The lowest BCUT2D eigenvalue weighted by Crippen LogP contribution is -2.61. The third-order valence-corrected chi connectivity index (χ3v) is 10.5. The third kappa shape index (κ3) is 24.0. The molecule has 0 saturated carbocycles. The highest BCUT2D eigenvalue weighted by Crippen LogP contribution is 2.27. The van der Waals surface area contributed by atoms with Crippen LogP contribution in [0.25, 0.3) is 0 Å². The number of ether oxygens (including phenoxy) is 4. The zero-order valence-corrected chi connectivity index (χ0v) is 45.1. The highest BCUT2D eigenvalue weighted by atomic mass is 16.6.